The van der Waals surface area contributed by atoms with Gasteiger partial charge >= 0.3 is 11.9 Å². The first kappa shape index (κ1) is 11.6. The van der Waals surface area contributed by atoms with Gasteiger partial charge in [-0.2, -0.15) is 0 Å². The Kier molecular flexibility index (Phi) is 2.61. The van der Waals surface area contributed by atoms with E-state index in [-0.39, 0.29) is 12.8 Å². The van der Waals surface area contributed by atoms with E-state index in [0.29, 0.717) is 5.56 Å². The molecule has 1 fully saturated rings. The van der Waals surface area contributed by atoms with E-state index in [1.807, 2.05) is 0 Å². The zero-order valence-corrected chi connectivity index (χ0v) is 8.81. The van der Waals surface area contributed by atoms with Gasteiger partial charge in [-0.1, -0.05) is 12.1 Å². The molecular formula is C12H10FO4. The monoisotopic (exact) mass is 237 g/mol. The smallest absolute Gasteiger partial charge is 0.321 e. The zero-order valence-electron chi connectivity index (χ0n) is 8.81. The van der Waals surface area contributed by atoms with Crippen molar-refractivity contribution in [3.8, 4) is 0 Å². The Hall–Kier alpha value is -1.91. The highest BCUT2D eigenvalue weighted by atomic mass is 19.1. The van der Waals surface area contributed by atoms with Crippen LogP contribution in [0.5, 0.6) is 0 Å². The lowest BCUT2D eigenvalue weighted by Crippen LogP contribution is -2.27. The maximum Gasteiger partial charge on any atom is 0.321 e. The number of rotatable bonds is 4. The van der Waals surface area contributed by atoms with E-state index in [9.17, 15) is 14.0 Å². The lowest BCUT2D eigenvalue weighted by Gasteiger charge is -2.06. The molecule has 2 N–H and O–H groups in total. The molecule has 0 bridgehead atoms. The van der Waals surface area contributed by atoms with Gasteiger partial charge in [-0.15, -0.1) is 0 Å². The van der Waals surface area contributed by atoms with Crippen molar-refractivity contribution in [2.24, 2.45) is 11.3 Å². The third-order valence-electron chi connectivity index (χ3n) is 3.18. The molecule has 0 aliphatic heterocycles. The number of benzene rings is 1. The predicted molar refractivity (Wildman–Crippen MR) is 54.8 cm³/mol. The topological polar surface area (TPSA) is 74.6 Å². The lowest BCUT2D eigenvalue weighted by molar-refractivity contribution is -0.157. The minimum absolute atomic E-state index is 0.0951. The number of hydrogen-bond donors (Lipinski definition) is 2. The van der Waals surface area contributed by atoms with Crippen molar-refractivity contribution in [1.82, 2.24) is 0 Å². The summed E-state index contributed by atoms with van der Waals surface area (Å²) in [5, 5.41) is 17.8. The third kappa shape index (κ3) is 1.88. The van der Waals surface area contributed by atoms with Crippen LogP contribution in [0.25, 0.3) is 0 Å². The molecule has 1 aromatic carbocycles. The first-order valence-electron chi connectivity index (χ1n) is 5.09. The molecule has 1 atom stereocenters. The Labute approximate surface area is 96.7 Å². The first-order chi connectivity index (χ1) is 7.96. The normalized spacial score (nSPS) is 20.9. The van der Waals surface area contributed by atoms with E-state index < -0.39 is 29.1 Å². The fraction of sp³-hybridized carbons (Fsp3) is 0.333. The molecule has 1 aromatic rings. The lowest BCUT2D eigenvalue weighted by atomic mass is 9.99. The maximum atomic E-state index is 12.9. The molecule has 1 unspecified atom stereocenters. The van der Waals surface area contributed by atoms with E-state index in [1.54, 1.807) is 6.07 Å². The van der Waals surface area contributed by atoms with Crippen molar-refractivity contribution in [1.29, 1.82) is 0 Å². The molecule has 17 heavy (non-hydrogen) atoms. The summed E-state index contributed by atoms with van der Waals surface area (Å²) in [6, 6.07) is 6.58. The Balaban J connectivity index is 2.13. The van der Waals surface area contributed by atoms with Gasteiger partial charge in [0.15, 0.2) is 5.41 Å². The van der Waals surface area contributed by atoms with Crippen LogP contribution < -0.4 is 0 Å². The number of carbonyl (C=O) groups is 2. The van der Waals surface area contributed by atoms with Crippen LogP contribution >= 0.6 is 0 Å². The summed E-state index contributed by atoms with van der Waals surface area (Å²) in [7, 11) is 0. The van der Waals surface area contributed by atoms with E-state index in [2.05, 4.69) is 6.07 Å². The standard InChI is InChI=1S/C12H10FO4/c13-9-3-1-2-7(5-9)4-8-6-12(8,10(14)15)11(16)17/h1-2,5,8H,4,6H2,(H,14,15)(H,16,17). The highest BCUT2D eigenvalue weighted by molar-refractivity contribution is 6.02. The SMILES string of the molecule is O=C(O)C1(C(=O)O)CC1Cc1cc[c]c(F)c1. The van der Waals surface area contributed by atoms with E-state index >= 15 is 0 Å². The molecule has 4 nitrogen and oxygen atoms in total. The van der Waals surface area contributed by atoms with Crippen LogP contribution in [0.2, 0.25) is 0 Å². The van der Waals surface area contributed by atoms with Gasteiger partial charge < -0.3 is 10.2 Å². The molecule has 1 aliphatic rings. The molecule has 5 heteroatoms. The molecule has 89 valence electrons. The number of carboxylic acid groups (broad SMARTS) is 2. The van der Waals surface area contributed by atoms with Crippen LogP contribution in [0, 0.1) is 23.2 Å². The number of hydrogen-bond acceptors (Lipinski definition) is 2. The van der Waals surface area contributed by atoms with Crippen molar-refractivity contribution in [3.63, 3.8) is 0 Å². The minimum atomic E-state index is -1.68. The Morgan fingerprint density at radius 3 is 2.59 bits per heavy atom. The van der Waals surface area contributed by atoms with Gasteiger partial charge in [0.1, 0.15) is 5.82 Å². The molecule has 2 rings (SSSR count). The van der Waals surface area contributed by atoms with E-state index in [1.165, 1.54) is 12.1 Å². The van der Waals surface area contributed by atoms with Crippen LogP contribution in [0.15, 0.2) is 18.2 Å². The molecule has 0 aromatic heterocycles. The van der Waals surface area contributed by atoms with Crippen LogP contribution in [0.3, 0.4) is 0 Å². The number of halogens is 1. The molecule has 1 aliphatic carbocycles. The van der Waals surface area contributed by atoms with Gasteiger partial charge in [0.2, 0.25) is 0 Å². The van der Waals surface area contributed by atoms with Crippen molar-refractivity contribution in [2.45, 2.75) is 12.8 Å². The summed E-state index contributed by atoms with van der Waals surface area (Å²) in [6.07, 6.45) is 0.349. The van der Waals surface area contributed by atoms with E-state index in [4.69, 9.17) is 10.2 Å². The molecule has 0 amide bonds. The predicted octanol–water partition coefficient (Wildman–Crippen LogP) is 1.34. The van der Waals surface area contributed by atoms with Gasteiger partial charge in [-0.25, -0.2) is 4.39 Å². The first-order valence-corrected chi connectivity index (χ1v) is 5.09. The molecule has 0 heterocycles. The third-order valence-corrected chi connectivity index (χ3v) is 3.18. The van der Waals surface area contributed by atoms with Gasteiger partial charge in [-0.3, -0.25) is 9.59 Å². The maximum absolute atomic E-state index is 12.9. The fourth-order valence-corrected chi connectivity index (χ4v) is 2.08. The van der Waals surface area contributed by atoms with Crippen LogP contribution in [0.4, 0.5) is 4.39 Å². The van der Waals surface area contributed by atoms with Crippen LogP contribution in [-0.4, -0.2) is 22.2 Å². The molecule has 0 saturated heterocycles. The molecule has 0 spiro atoms. The summed E-state index contributed by atoms with van der Waals surface area (Å²) >= 11 is 0. The summed E-state index contributed by atoms with van der Waals surface area (Å²) in [5.74, 6) is -3.64. The molecular weight excluding hydrogens is 227 g/mol. The second-order valence-corrected chi connectivity index (χ2v) is 4.23. The Morgan fingerprint density at radius 2 is 2.12 bits per heavy atom. The second kappa shape index (κ2) is 3.84. The van der Waals surface area contributed by atoms with Crippen molar-refractivity contribution in [2.75, 3.05) is 0 Å². The minimum Gasteiger partial charge on any atom is -0.480 e. The van der Waals surface area contributed by atoms with Crippen molar-refractivity contribution >= 4 is 11.9 Å². The summed E-state index contributed by atoms with van der Waals surface area (Å²) in [5.41, 5.74) is -1.09. The van der Waals surface area contributed by atoms with Crippen LogP contribution in [0.1, 0.15) is 12.0 Å². The van der Waals surface area contributed by atoms with Gasteiger partial charge in [0.05, 0.1) is 0 Å². The molecule has 1 radical (unpaired) electrons. The van der Waals surface area contributed by atoms with E-state index in [0.717, 1.165) is 0 Å². The molecule has 1 saturated carbocycles. The van der Waals surface area contributed by atoms with Gasteiger partial charge in [0.25, 0.3) is 0 Å². The summed E-state index contributed by atoms with van der Waals surface area (Å²) in [4.78, 5) is 21.9. The Bertz CT molecular complexity index is 469. The van der Waals surface area contributed by atoms with Crippen LogP contribution in [-0.2, 0) is 16.0 Å². The second-order valence-electron chi connectivity index (χ2n) is 4.23. The average Bonchev–Trinajstić information content (AvgIpc) is 2.93. The number of aliphatic carboxylic acids is 2. The van der Waals surface area contributed by atoms with Crippen molar-refractivity contribution in [3.05, 3.63) is 35.6 Å². The fourth-order valence-electron chi connectivity index (χ4n) is 2.08. The largest absolute Gasteiger partial charge is 0.480 e. The quantitative estimate of drug-likeness (QED) is 0.775. The zero-order chi connectivity index (χ0) is 12.6. The highest BCUT2D eigenvalue weighted by Gasteiger charge is 2.66. The van der Waals surface area contributed by atoms with Gasteiger partial charge in [-0.05, 0) is 30.4 Å². The average molecular weight is 237 g/mol. The highest BCUT2D eigenvalue weighted by Crippen LogP contribution is 2.54. The summed E-state index contributed by atoms with van der Waals surface area (Å²) < 4.78 is 12.9. The van der Waals surface area contributed by atoms with Crippen molar-refractivity contribution < 1.29 is 24.2 Å². The summed E-state index contributed by atoms with van der Waals surface area (Å²) in [6.45, 7) is 0. The van der Waals surface area contributed by atoms with Gasteiger partial charge in [0, 0.05) is 6.07 Å². The Morgan fingerprint density at radius 1 is 1.47 bits per heavy atom. The number of carboxylic acids is 2.